The van der Waals surface area contributed by atoms with E-state index in [0.29, 0.717) is 32.2 Å². The van der Waals surface area contributed by atoms with Crippen LogP contribution in [0.25, 0.3) is 0 Å². The zero-order chi connectivity index (χ0) is 21.2. The minimum absolute atomic E-state index is 0.0531. The molecular formula is C22H38N4O3. The van der Waals surface area contributed by atoms with Gasteiger partial charge in [-0.05, 0) is 30.9 Å². The van der Waals surface area contributed by atoms with Crippen molar-refractivity contribution < 1.29 is 14.3 Å². The van der Waals surface area contributed by atoms with Crippen molar-refractivity contribution in [2.45, 2.75) is 58.5 Å². The van der Waals surface area contributed by atoms with Crippen molar-refractivity contribution in [2.24, 2.45) is 13.0 Å². The molecule has 0 saturated heterocycles. The van der Waals surface area contributed by atoms with Crippen molar-refractivity contribution in [3.8, 4) is 0 Å². The van der Waals surface area contributed by atoms with Crippen molar-refractivity contribution in [1.29, 1.82) is 0 Å². The Kier molecular flexibility index (Phi) is 9.51. The van der Waals surface area contributed by atoms with Crippen molar-refractivity contribution in [3.63, 3.8) is 0 Å². The molecule has 7 heteroatoms. The average Bonchev–Trinajstić information content (AvgIpc) is 3.09. The fourth-order valence-corrected chi connectivity index (χ4v) is 3.79. The zero-order valence-electron chi connectivity index (χ0n) is 18.5. The molecule has 7 nitrogen and oxygen atoms in total. The number of hydrogen-bond donors (Lipinski definition) is 1. The standard InChI is InChI=1S/C22H38N4O3/c1-18(2)15-26(22(28)23-19-9-6-5-7-10-19)17-21(27)25(13-14-29-4)16-20-11-8-12-24(20)3/h8,11-12,18-19H,5-7,9-10,13-17H2,1-4H3,(H,23,28). The number of carbonyl (C=O) groups is 2. The Hall–Kier alpha value is -2.02. The van der Waals surface area contributed by atoms with Gasteiger partial charge in [0.25, 0.3) is 0 Å². The van der Waals surface area contributed by atoms with Crippen LogP contribution in [0.4, 0.5) is 4.79 Å². The lowest BCUT2D eigenvalue weighted by atomic mass is 9.96. The molecule has 29 heavy (non-hydrogen) atoms. The summed E-state index contributed by atoms with van der Waals surface area (Å²) in [5.74, 6) is 0.239. The third-order valence-corrected chi connectivity index (χ3v) is 5.45. The highest BCUT2D eigenvalue weighted by Gasteiger charge is 2.25. The first-order valence-corrected chi connectivity index (χ1v) is 10.8. The van der Waals surface area contributed by atoms with Gasteiger partial charge in [0.05, 0.1) is 13.2 Å². The molecule has 2 rings (SSSR count). The van der Waals surface area contributed by atoms with Crippen LogP contribution in [-0.4, -0.2) is 65.7 Å². The van der Waals surface area contributed by atoms with Gasteiger partial charge >= 0.3 is 6.03 Å². The van der Waals surface area contributed by atoms with Gasteiger partial charge < -0.3 is 24.4 Å². The predicted molar refractivity (Wildman–Crippen MR) is 115 cm³/mol. The molecule has 1 aliphatic carbocycles. The molecule has 1 saturated carbocycles. The molecule has 0 bridgehead atoms. The Bertz CT molecular complexity index is 638. The topological polar surface area (TPSA) is 66.8 Å². The number of methoxy groups -OCH3 is 1. The highest BCUT2D eigenvalue weighted by Crippen LogP contribution is 2.18. The van der Waals surface area contributed by atoms with Crippen LogP contribution in [0, 0.1) is 5.92 Å². The highest BCUT2D eigenvalue weighted by molar-refractivity contribution is 5.84. The van der Waals surface area contributed by atoms with E-state index in [4.69, 9.17) is 4.74 Å². The maximum Gasteiger partial charge on any atom is 0.318 e. The molecular weight excluding hydrogens is 368 g/mol. The minimum Gasteiger partial charge on any atom is -0.383 e. The van der Waals surface area contributed by atoms with E-state index in [1.54, 1.807) is 16.9 Å². The molecule has 3 amide bonds. The third-order valence-electron chi connectivity index (χ3n) is 5.45. The van der Waals surface area contributed by atoms with Crippen LogP contribution in [0.15, 0.2) is 18.3 Å². The Morgan fingerprint density at radius 1 is 1.24 bits per heavy atom. The van der Waals surface area contributed by atoms with Gasteiger partial charge in [-0.1, -0.05) is 33.1 Å². The molecule has 0 aliphatic heterocycles. The summed E-state index contributed by atoms with van der Waals surface area (Å²) in [5.41, 5.74) is 1.05. The van der Waals surface area contributed by atoms with E-state index in [1.165, 1.54) is 6.42 Å². The molecule has 1 N–H and O–H groups in total. The predicted octanol–water partition coefficient (Wildman–Crippen LogP) is 3.00. The zero-order valence-corrected chi connectivity index (χ0v) is 18.5. The first-order chi connectivity index (χ1) is 13.9. The first kappa shape index (κ1) is 23.3. The van der Waals surface area contributed by atoms with Gasteiger partial charge in [-0.15, -0.1) is 0 Å². The summed E-state index contributed by atoms with van der Waals surface area (Å²) in [6, 6.07) is 4.09. The van der Waals surface area contributed by atoms with Crippen LogP contribution in [0.1, 0.15) is 51.6 Å². The van der Waals surface area contributed by atoms with E-state index >= 15 is 0 Å². The van der Waals surface area contributed by atoms with Crippen molar-refractivity contribution in [3.05, 3.63) is 24.0 Å². The number of hydrogen-bond acceptors (Lipinski definition) is 3. The molecule has 1 heterocycles. The Balaban J connectivity index is 2.03. The second-order valence-electron chi connectivity index (χ2n) is 8.48. The van der Waals surface area contributed by atoms with E-state index in [0.717, 1.165) is 31.4 Å². The summed E-state index contributed by atoms with van der Waals surface area (Å²) in [7, 11) is 3.60. The maximum atomic E-state index is 13.1. The number of carbonyl (C=O) groups excluding carboxylic acids is 2. The van der Waals surface area contributed by atoms with E-state index in [-0.39, 0.29) is 24.5 Å². The van der Waals surface area contributed by atoms with E-state index in [1.807, 2.05) is 29.9 Å². The van der Waals surface area contributed by atoms with Crippen LogP contribution in [-0.2, 0) is 23.1 Å². The number of aromatic nitrogens is 1. The smallest absolute Gasteiger partial charge is 0.318 e. The third kappa shape index (κ3) is 7.72. The Morgan fingerprint density at radius 3 is 2.55 bits per heavy atom. The van der Waals surface area contributed by atoms with Crippen molar-refractivity contribution >= 4 is 11.9 Å². The number of aryl methyl sites for hydroxylation is 1. The molecule has 164 valence electrons. The largest absolute Gasteiger partial charge is 0.383 e. The molecule has 0 aromatic carbocycles. The molecule has 1 aliphatic rings. The minimum atomic E-state index is -0.121. The van der Waals surface area contributed by atoms with Gasteiger partial charge in [-0.2, -0.15) is 0 Å². The molecule has 0 unspecified atom stereocenters. The second-order valence-corrected chi connectivity index (χ2v) is 8.48. The summed E-state index contributed by atoms with van der Waals surface area (Å²) in [6.07, 6.45) is 7.60. The van der Waals surface area contributed by atoms with Crippen LogP contribution in [0.2, 0.25) is 0 Å². The fraction of sp³-hybridized carbons (Fsp3) is 0.727. The number of amides is 3. The lowest BCUT2D eigenvalue weighted by Gasteiger charge is -2.31. The van der Waals surface area contributed by atoms with Gasteiger partial charge in [0.2, 0.25) is 5.91 Å². The first-order valence-electron chi connectivity index (χ1n) is 10.8. The summed E-state index contributed by atoms with van der Waals surface area (Å²) in [4.78, 5) is 29.5. The fourth-order valence-electron chi connectivity index (χ4n) is 3.79. The average molecular weight is 407 g/mol. The van der Waals surface area contributed by atoms with Gasteiger partial charge in [0, 0.05) is 45.2 Å². The Labute approximate surface area is 175 Å². The number of ether oxygens (including phenoxy) is 1. The monoisotopic (exact) mass is 406 g/mol. The van der Waals surface area contributed by atoms with E-state index in [2.05, 4.69) is 19.2 Å². The lowest BCUT2D eigenvalue weighted by Crippen LogP contribution is -2.50. The van der Waals surface area contributed by atoms with Crippen LogP contribution < -0.4 is 5.32 Å². The molecule has 0 radical (unpaired) electrons. The maximum absolute atomic E-state index is 13.1. The summed E-state index contributed by atoms with van der Waals surface area (Å²) in [5, 5.41) is 3.15. The van der Waals surface area contributed by atoms with E-state index < -0.39 is 0 Å². The van der Waals surface area contributed by atoms with Gasteiger partial charge in [0.1, 0.15) is 6.54 Å². The van der Waals surface area contributed by atoms with Crippen molar-refractivity contribution in [2.75, 3.05) is 33.4 Å². The number of rotatable bonds is 10. The molecule has 1 fully saturated rings. The lowest BCUT2D eigenvalue weighted by molar-refractivity contribution is -0.133. The molecule has 1 aromatic rings. The molecule has 1 aromatic heterocycles. The quantitative estimate of drug-likeness (QED) is 0.650. The van der Waals surface area contributed by atoms with Crippen LogP contribution >= 0.6 is 0 Å². The van der Waals surface area contributed by atoms with Crippen LogP contribution in [0.5, 0.6) is 0 Å². The summed E-state index contributed by atoms with van der Waals surface area (Å²) < 4.78 is 7.20. The molecule has 0 atom stereocenters. The number of nitrogens with one attached hydrogen (secondary N) is 1. The number of nitrogens with zero attached hydrogens (tertiary/aromatic N) is 3. The Morgan fingerprint density at radius 2 is 1.97 bits per heavy atom. The normalized spacial score (nSPS) is 14.8. The summed E-state index contributed by atoms with van der Waals surface area (Å²) >= 11 is 0. The van der Waals surface area contributed by atoms with Gasteiger partial charge in [-0.3, -0.25) is 4.79 Å². The summed E-state index contributed by atoms with van der Waals surface area (Å²) in [6.45, 7) is 6.26. The van der Waals surface area contributed by atoms with E-state index in [9.17, 15) is 9.59 Å². The van der Waals surface area contributed by atoms with Crippen LogP contribution in [0.3, 0.4) is 0 Å². The van der Waals surface area contributed by atoms with Gasteiger partial charge in [0.15, 0.2) is 0 Å². The highest BCUT2D eigenvalue weighted by atomic mass is 16.5. The second kappa shape index (κ2) is 11.9. The van der Waals surface area contributed by atoms with Gasteiger partial charge in [-0.25, -0.2) is 4.79 Å². The number of urea groups is 1. The SMILES string of the molecule is COCCN(Cc1cccn1C)C(=O)CN(CC(C)C)C(=O)NC1CCCCC1. The van der Waals surface area contributed by atoms with Crippen molar-refractivity contribution in [1.82, 2.24) is 19.7 Å². The molecule has 0 spiro atoms.